The van der Waals surface area contributed by atoms with Gasteiger partial charge >= 0.3 is 6.18 Å². The average Bonchev–Trinajstić information content (AvgIpc) is 3.09. The van der Waals surface area contributed by atoms with E-state index in [1.807, 2.05) is 0 Å². The minimum Gasteiger partial charge on any atom is -0.371 e. The molecule has 0 radical (unpaired) electrons. The first-order chi connectivity index (χ1) is 14.8. The van der Waals surface area contributed by atoms with Crippen molar-refractivity contribution in [3.05, 3.63) is 51.7 Å². The van der Waals surface area contributed by atoms with Crippen molar-refractivity contribution in [1.82, 2.24) is 4.98 Å². The second kappa shape index (κ2) is 8.80. The molecule has 0 aliphatic carbocycles. The monoisotopic (exact) mass is 494 g/mol. The van der Waals surface area contributed by atoms with Gasteiger partial charge in [-0.25, -0.2) is 13.8 Å². The van der Waals surface area contributed by atoms with E-state index in [2.05, 4.69) is 4.98 Å². The number of likely N-dealkylation sites (N-methyl/N-ethyl adjacent to an activating group) is 1. The fourth-order valence-corrected chi connectivity index (χ4v) is 5.05. The molecule has 172 valence electrons. The molecule has 1 aromatic heterocycles. The van der Waals surface area contributed by atoms with Crippen LogP contribution in [0.4, 0.5) is 33.5 Å². The molecule has 1 aliphatic rings. The summed E-state index contributed by atoms with van der Waals surface area (Å²) < 4.78 is 80.5. The zero-order chi connectivity index (χ0) is 24.0. The summed E-state index contributed by atoms with van der Waals surface area (Å²) in [7, 11) is -0.350. The molecule has 6 nitrogen and oxygen atoms in total. The van der Waals surface area contributed by atoms with Gasteiger partial charge in [-0.3, -0.25) is 4.21 Å². The van der Waals surface area contributed by atoms with Gasteiger partial charge in [0, 0.05) is 29.6 Å². The number of nitriles is 1. The van der Waals surface area contributed by atoms with Crippen LogP contribution in [0.5, 0.6) is 0 Å². The zero-order valence-electron chi connectivity index (χ0n) is 16.6. The van der Waals surface area contributed by atoms with Crippen LogP contribution in [0, 0.1) is 29.9 Å². The maximum atomic E-state index is 14.3. The minimum absolute atomic E-state index is 0.0398. The van der Waals surface area contributed by atoms with Crippen LogP contribution in [-0.2, 0) is 17.0 Å². The Hall–Kier alpha value is -2.49. The summed E-state index contributed by atoms with van der Waals surface area (Å²) >= 11 is 5.70. The van der Waals surface area contributed by atoms with Crippen LogP contribution >= 0.6 is 11.6 Å². The molecule has 1 N–H and O–H groups in total. The average molecular weight is 495 g/mol. The molecule has 1 fully saturated rings. The van der Waals surface area contributed by atoms with E-state index in [9.17, 15) is 36.5 Å². The Bertz CT molecular complexity index is 1120. The lowest BCUT2D eigenvalue weighted by Crippen LogP contribution is -2.50. The Morgan fingerprint density at radius 2 is 2.00 bits per heavy atom. The number of alkyl halides is 3. The SMILES string of the molecule is Cc1cc(C(F)(F)F)c(C#N)c(N2CS(=O)C[C@@H]2C(O)N(C)c2cc(Cl)c(F)cc2F)n1. The number of aliphatic hydroxyl groups excluding tert-OH is 1. The molecule has 1 saturated heterocycles. The number of rotatable bonds is 4. The molecule has 3 rings (SSSR count). The quantitative estimate of drug-likeness (QED) is 0.398. The number of pyridine rings is 1. The topological polar surface area (TPSA) is 80.5 Å². The van der Waals surface area contributed by atoms with Gasteiger partial charge in [0.2, 0.25) is 0 Å². The van der Waals surface area contributed by atoms with Gasteiger partial charge in [-0.15, -0.1) is 0 Å². The zero-order valence-corrected chi connectivity index (χ0v) is 18.2. The number of hydrogen-bond acceptors (Lipinski definition) is 6. The van der Waals surface area contributed by atoms with E-state index in [0.29, 0.717) is 6.07 Å². The lowest BCUT2D eigenvalue weighted by molar-refractivity contribution is -0.137. The molecule has 0 saturated carbocycles. The van der Waals surface area contributed by atoms with Crippen LogP contribution in [0.2, 0.25) is 5.02 Å². The summed E-state index contributed by atoms with van der Waals surface area (Å²) in [5, 5.41) is 19.9. The third-order valence-electron chi connectivity index (χ3n) is 4.97. The number of nitrogens with zero attached hydrogens (tertiary/aromatic N) is 4. The van der Waals surface area contributed by atoms with Gasteiger partial charge in [0.25, 0.3) is 0 Å². The van der Waals surface area contributed by atoms with Crippen molar-refractivity contribution in [1.29, 1.82) is 5.26 Å². The van der Waals surface area contributed by atoms with Crippen LogP contribution in [0.15, 0.2) is 18.2 Å². The van der Waals surface area contributed by atoms with Crippen LogP contribution in [0.3, 0.4) is 0 Å². The van der Waals surface area contributed by atoms with Crippen molar-refractivity contribution >= 4 is 33.9 Å². The van der Waals surface area contributed by atoms with Crippen LogP contribution in [-0.4, -0.2) is 45.2 Å². The molecule has 0 spiro atoms. The molecule has 0 amide bonds. The molecule has 1 aromatic carbocycles. The molecule has 3 atom stereocenters. The third kappa shape index (κ3) is 4.51. The van der Waals surface area contributed by atoms with Crippen LogP contribution in [0.1, 0.15) is 16.8 Å². The summed E-state index contributed by atoms with van der Waals surface area (Å²) in [5.74, 6) is -2.93. The van der Waals surface area contributed by atoms with Gasteiger partial charge in [0.1, 0.15) is 35.3 Å². The van der Waals surface area contributed by atoms with E-state index in [1.165, 1.54) is 20.0 Å². The predicted octanol–water partition coefficient (Wildman–Crippen LogP) is 3.56. The lowest BCUT2D eigenvalue weighted by Gasteiger charge is -2.35. The second-order valence-corrected chi connectivity index (χ2v) is 9.01. The van der Waals surface area contributed by atoms with Crippen molar-refractivity contribution < 1.29 is 31.3 Å². The number of aliphatic hydroxyl groups is 1. The van der Waals surface area contributed by atoms with Crippen molar-refractivity contribution in [3.8, 4) is 6.07 Å². The van der Waals surface area contributed by atoms with Crippen LogP contribution < -0.4 is 9.80 Å². The number of aromatic nitrogens is 1. The fourth-order valence-electron chi connectivity index (χ4n) is 3.43. The van der Waals surface area contributed by atoms with E-state index in [-0.39, 0.29) is 28.8 Å². The highest BCUT2D eigenvalue weighted by Crippen LogP contribution is 2.38. The maximum absolute atomic E-state index is 14.3. The van der Waals surface area contributed by atoms with Crippen molar-refractivity contribution in [3.63, 3.8) is 0 Å². The number of halogens is 6. The second-order valence-electron chi connectivity index (χ2n) is 7.13. The molecular formula is C19H16ClF5N4O2S. The molecule has 2 heterocycles. The van der Waals surface area contributed by atoms with Crippen molar-refractivity contribution in [2.75, 3.05) is 28.5 Å². The van der Waals surface area contributed by atoms with Crippen molar-refractivity contribution in [2.24, 2.45) is 0 Å². The van der Waals surface area contributed by atoms with Gasteiger partial charge in [-0.2, -0.15) is 18.4 Å². The first-order valence-electron chi connectivity index (χ1n) is 9.01. The Morgan fingerprint density at radius 3 is 2.59 bits per heavy atom. The van der Waals surface area contributed by atoms with E-state index in [0.717, 1.165) is 21.9 Å². The van der Waals surface area contributed by atoms with Gasteiger partial charge in [-0.05, 0) is 19.1 Å². The fraction of sp³-hybridized carbons (Fsp3) is 0.368. The lowest BCUT2D eigenvalue weighted by atomic mass is 10.1. The number of benzene rings is 1. The van der Waals surface area contributed by atoms with Gasteiger partial charge in [0.15, 0.2) is 0 Å². The Kier molecular flexibility index (Phi) is 6.65. The minimum atomic E-state index is -4.84. The summed E-state index contributed by atoms with van der Waals surface area (Å²) in [5.41, 5.74) is -2.31. The van der Waals surface area contributed by atoms with Gasteiger partial charge in [0.05, 0.1) is 33.9 Å². The molecule has 32 heavy (non-hydrogen) atoms. The number of hydrogen-bond donors (Lipinski definition) is 1. The highest BCUT2D eigenvalue weighted by Gasteiger charge is 2.42. The first-order valence-corrected chi connectivity index (χ1v) is 10.9. The summed E-state index contributed by atoms with van der Waals surface area (Å²) in [6.45, 7) is 1.31. The molecule has 2 aromatic rings. The van der Waals surface area contributed by atoms with E-state index in [4.69, 9.17) is 11.6 Å². The smallest absolute Gasteiger partial charge is 0.371 e. The Labute approximate surface area is 187 Å². The van der Waals surface area contributed by atoms with Gasteiger partial charge < -0.3 is 14.9 Å². The standard InChI is InChI=1S/C19H16ClF5N4O2S/c1-9-3-11(19(23,24)25)10(6-26)17(27-9)29-8-32(31)7-16(29)18(30)28(2)15-4-12(20)13(21)5-14(15)22/h3-5,16,18,30H,7-8H2,1-2H3/t16-,18?,32?/m1/s1. The molecule has 13 heteroatoms. The highest BCUT2D eigenvalue weighted by atomic mass is 35.5. The molecule has 2 unspecified atom stereocenters. The largest absolute Gasteiger partial charge is 0.417 e. The third-order valence-corrected chi connectivity index (χ3v) is 6.54. The van der Waals surface area contributed by atoms with E-state index in [1.54, 1.807) is 0 Å². The Morgan fingerprint density at radius 1 is 1.34 bits per heavy atom. The molecular weight excluding hydrogens is 479 g/mol. The molecule has 1 aliphatic heterocycles. The summed E-state index contributed by atoms with van der Waals surface area (Å²) in [4.78, 5) is 6.17. The molecule has 0 bridgehead atoms. The maximum Gasteiger partial charge on any atom is 0.417 e. The van der Waals surface area contributed by atoms with E-state index < -0.39 is 57.0 Å². The highest BCUT2D eigenvalue weighted by molar-refractivity contribution is 7.85. The van der Waals surface area contributed by atoms with Crippen molar-refractivity contribution in [2.45, 2.75) is 25.4 Å². The number of anilines is 2. The normalized spacial score (nSPS) is 19.7. The summed E-state index contributed by atoms with van der Waals surface area (Å²) in [6.07, 6.45) is -6.45. The number of aryl methyl sites for hydroxylation is 1. The summed E-state index contributed by atoms with van der Waals surface area (Å²) in [6, 6.07) is 2.57. The first kappa shape index (κ1) is 24.2. The predicted molar refractivity (Wildman–Crippen MR) is 109 cm³/mol. The van der Waals surface area contributed by atoms with Crippen LogP contribution in [0.25, 0.3) is 0 Å². The Balaban J connectivity index is 2.06. The van der Waals surface area contributed by atoms with Gasteiger partial charge in [-0.1, -0.05) is 11.6 Å². The van der Waals surface area contributed by atoms with E-state index >= 15 is 0 Å².